The highest BCUT2D eigenvalue weighted by Gasteiger charge is 2.28. The fourth-order valence-electron chi connectivity index (χ4n) is 2.14. The van der Waals surface area contributed by atoms with E-state index in [-0.39, 0.29) is 19.0 Å². The smallest absolute Gasteiger partial charge is 0.309 e. The van der Waals surface area contributed by atoms with Crippen LogP contribution < -0.4 is 10.2 Å². The van der Waals surface area contributed by atoms with Gasteiger partial charge in [0.25, 0.3) is 0 Å². The van der Waals surface area contributed by atoms with E-state index in [4.69, 9.17) is 5.11 Å². The molecule has 1 unspecified atom stereocenters. The highest BCUT2D eigenvalue weighted by molar-refractivity contribution is 5.96. The first kappa shape index (κ1) is 13.5. The number of anilines is 1. The highest BCUT2D eigenvalue weighted by Crippen LogP contribution is 2.21. The van der Waals surface area contributed by atoms with Gasteiger partial charge in [-0.1, -0.05) is 6.07 Å². The molecule has 0 bridgehead atoms. The summed E-state index contributed by atoms with van der Waals surface area (Å²) in [5.41, 5.74) is 3.01. The number of nitrogens with zero attached hydrogens (tertiary/aromatic N) is 1. The van der Waals surface area contributed by atoms with Crippen molar-refractivity contribution < 1.29 is 14.7 Å². The first-order valence-electron chi connectivity index (χ1n) is 6.30. The molecule has 1 saturated heterocycles. The van der Waals surface area contributed by atoms with Crippen LogP contribution in [0, 0.1) is 19.8 Å². The summed E-state index contributed by atoms with van der Waals surface area (Å²) in [4.78, 5) is 24.7. The van der Waals surface area contributed by atoms with Crippen molar-refractivity contribution in [1.82, 2.24) is 5.32 Å². The van der Waals surface area contributed by atoms with E-state index in [1.54, 1.807) is 4.90 Å². The largest absolute Gasteiger partial charge is 0.481 e. The number of hydrogen-bond acceptors (Lipinski definition) is 3. The van der Waals surface area contributed by atoms with Crippen LogP contribution in [0.15, 0.2) is 18.2 Å². The molecular formula is C14H18N2O3. The maximum atomic E-state index is 12.0. The van der Waals surface area contributed by atoms with Crippen molar-refractivity contribution in [1.29, 1.82) is 0 Å². The molecule has 5 nitrogen and oxygen atoms in total. The van der Waals surface area contributed by atoms with Gasteiger partial charge in [0.1, 0.15) is 0 Å². The van der Waals surface area contributed by atoms with Gasteiger partial charge in [0.15, 0.2) is 0 Å². The van der Waals surface area contributed by atoms with Crippen molar-refractivity contribution >= 4 is 17.6 Å². The summed E-state index contributed by atoms with van der Waals surface area (Å²) in [6, 6.07) is 5.74. The number of hydrogen-bond donors (Lipinski definition) is 2. The fourth-order valence-corrected chi connectivity index (χ4v) is 2.14. The van der Waals surface area contributed by atoms with Gasteiger partial charge < -0.3 is 15.3 Å². The molecule has 102 valence electrons. The second-order valence-corrected chi connectivity index (χ2v) is 4.94. The highest BCUT2D eigenvalue weighted by atomic mass is 16.4. The minimum atomic E-state index is -0.879. The molecule has 2 N–H and O–H groups in total. The molecule has 1 atom stereocenters. The van der Waals surface area contributed by atoms with Crippen molar-refractivity contribution in [2.24, 2.45) is 5.92 Å². The third kappa shape index (κ3) is 2.93. The molecule has 1 amide bonds. The van der Waals surface area contributed by atoms with E-state index in [9.17, 15) is 9.59 Å². The van der Waals surface area contributed by atoms with Crippen molar-refractivity contribution in [3.05, 3.63) is 29.3 Å². The SMILES string of the molecule is Cc1ccc(N2CC(C(=O)O)CNCC2=O)cc1C. The lowest BCUT2D eigenvalue weighted by atomic mass is 10.1. The molecular weight excluding hydrogens is 244 g/mol. The summed E-state index contributed by atoms with van der Waals surface area (Å²) in [5.74, 6) is -1.55. The van der Waals surface area contributed by atoms with Crippen LogP contribution in [0.25, 0.3) is 0 Å². The Balaban J connectivity index is 2.30. The van der Waals surface area contributed by atoms with Gasteiger partial charge in [-0.15, -0.1) is 0 Å². The molecule has 1 aliphatic heterocycles. The normalized spacial score (nSPS) is 20.2. The lowest BCUT2D eigenvalue weighted by Gasteiger charge is -2.23. The molecule has 0 spiro atoms. The minimum absolute atomic E-state index is 0.0907. The van der Waals surface area contributed by atoms with E-state index in [2.05, 4.69) is 5.32 Å². The Morgan fingerprint density at radius 3 is 2.74 bits per heavy atom. The standard InChI is InChI=1S/C14H18N2O3/c1-9-3-4-12(5-10(9)2)16-8-11(14(18)19)6-15-7-13(16)17/h3-5,11,15H,6-8H2,1-2H3,(H,18,19). The van der Waals surface area contributed by atoms with E-state index in [1.807, 2.05) is 32.0 Å². The number of amides is 1. The topological polar surface area (TPSA) is 69.6 Å². The summed E-state index contributed by atoms with van der Waals surface area (Å²) >= 11 is 0. The molecule has 0 aromatic heterocycles. The number of rotatable bonds is 2. The van der Waals surface area contributed by atoms with Crippen LogP contribution in [0.3, 0.4) is 0 Å². The summed E-state index contributed by atoms with van der Waals surface area (Å²) < 4.78 is 0. The lowest BCUT2D eigenvalue weighted by Crippen LogP contribution is -2.37. The molecule has 2 rings (SSSR count). The Morgan fingerprint density at radius 1 is 1.37 bits per heavy atom. The first-order chi connectivity index (χ1) is 8.99. The zero-order valence-corrected chi connectivity index (χ0v) is 11.1. The average Bonchev–Trinajstić information content (AvgIpc) is 2.55. The maximum Gasteiger partial charge on any atom is 0.309 e. The van der Waals surface area contributed by atoms with Gasteiger partial charge in [0.2, 0.25) is 5.91 Å². The van der Waals surface area contributed by atoms with E-state index in [0.29, 0.717) is 6.54 Å². The number of carbonyl (C=O) groups excluding carboxylic acids is 1. The molecule has 5 heteroatoms. The molecule has 1 aromatic rings. The number of aliphatic carboxylic acids is 1. The van der Waals surface area contributed by atoms with Crippen LogP contribution in [-0.2, 0) is 9.59 Å². The maximum absolute atomic E-state index is 12.0. The van der Waals surface area contributed by atoms with Gasteiger partial charge in [-0.2, -0.15) is 0 Å². The second kappa shape index (κ2) is 5.40. The summed E-state index contributed by atoms with van der Waals surface area (Å²) in [6.07, 6.45) is 0. The molecule has 19 heavy (non-hydrogen) atoms. The Kier molecular flexibility index (Phi) is 3.85. The van der Waals surface area contributed by atoms with Crippen molar-refractivity contribution in [2.75, 3.05) is 24.5 Å². The summed E-state index contributed by atoms with van der Waals surface area (Å²) in [7, 11) is 0. The Hall–Kier alpha value is -1.88. The first-order valence-corrected chi connectivity index (χ1v) is 6.30. The second-order valence-electron chi connectivity index (χ2n) is 4.94. The van der Waals surface area contributed by atoms with Crippen LogP contribution in [0.2, 0.25) is 0 Å². The molecule has 0 saturated carbocycles. The predicted molar refractivity (Wildman–Crippen MR) is 72.3 cm³/mol. The van der Waals surface area contributed by atoms with E-state index >= 15 is 0 Å². The van der Waals surface area contributed by atoms with Gasteiger partial charge in [-0.3, -0.25) is 9.59 Å². The zero-order chi connectivity index (χ0) is 14.0. The van der Waals surface area contributed by atoms with E-state index < -0.39 is 11.9 Å². The van der Waals surface area contributed by atoms with Crippen molar-refractivity contribution in [3.63, 3.8) is 0 Å². The molecule has 0 aliphatic carbocycles. The van der Waals surface area contributed by atoms with Crippen LogP contribution >= 0.6 is 0 Å². The van der Waals surface area contributed by atoms with Gasteiger partial charge in [0, 0.05) is 18.8 Å². The Bertz CT molecular complexity index is 513. The minimum Gasteiger partial charge on any atom is -0.481 e. The van der Waals surface area contributed by atoms with Gasteiger partial charge in [-0.25, -0.2) is 0 Å². The predicted octanol–water partition coefficient (Wildman–Crippen LogP) is 0.940. The number of carboxylic acid groups (broad SMARTS) is 1. The van der Waals surface area contributed by atoms with Gasteiger partial charge >= 0.3 is 5.97 Å². The molecule has 1 fully saturated rings. The zero-order valence-electron chi connectivity index (χ0n) is 11.1. The number of carboxylic acids is 1. The molecule has 1 aromatic carbocycles. The quantitative estimate of drug-likeness (QED) is 0.832. The van der Waals surface area contributed by atoms with E-state index in [1.165, 1.54) is 0 Å². The average molecular weight is 262 g/mol. The molecule has 1 heterocycles. The van der Waals surface area contributed by atoms with Crippen LogP contribution in [0.1, 0.15) is 11.1 Å². The Labute approximate surface area is 112 Å². The number of benzene rings is 1. The molecule has 0 radical (unpaired) electrons. The van der Waals surface area contributed by atoms with Crippen molar-refractivity contribution in [3.8, 4) is 0 Å². The van der Waals surface area contributed by atoms with E-state index in [0.717, 1.165) is 16.8 Å². The lowest BCUT2D eigenvalue weighted by molar-refractivity contribution is -0.141. The van der Waals surface area contributed by atoms with Gasteiger partial charge in [-0.05, 0) is 37.1 Å². The molecule has 1 aliphatic rings. The number of aryl methyl sites for hydroxylation is 2. The van der Waals surface area contributed by atoms with Crippen molar-refractivity contribution in [2.45, 2.75) is 13.8 Å². The summed E-state index contributed by atoms with van der Waals surface area (Å²) in [5, 5.41) is 12.0. The number of nitrogens with one attached hydrogen (secondary N) is 1. The number of carbonyl (C=O) groups is 2. The Morgan fingerprint density at radius 2 is 2.11 bits per heavy atom. The monoisotopic (exact) mass is 262 g/mol. The summed E-state index contributed by atoms with van der Waals surface area (Å²) in [6.45, 7) is 4.70. The van der Waals surface area contributed by atoms with Gasteiger partial charge in [0.05, 0.1) is 12.5 Å². The fraction of sp³-hybridized carbons (Fsp3) is 0.429. The third-order valence-corrected chi connectivity index (χ3v) is 3.52. The third-order valence-electron chi connectivity index (χ3n) is 3.52. The van der Waals surface area contributed by atoms with Crippen LogP contribution in [0.5, 0.6) is 0 Å². The van der Waals surface area contributed by atoms with Crippen LogP contribution in [0.4, 0.5) is 5.69 Å². The van der Waals surface area contributed by atoms with Crippen LogP contribution in [-0.4, -0.2) is 36.6 Å².